The van der Waals surface area contributed by atoms with E-state index in [9.17, 15) is 14.4 Å². The van der Waals surface area contributed by atoms with E-state index in [-0.39, 0.29) is 35.0 Å². The number of hydrogen-bond acceptors (Lipinski definition) is 7. The molecule has 3 N–H and O–H groups in total. The number of hydrazine groups is 1. The second kappa shape index (κ2) is 10.8. The van der Waals surface area contributed by atoms with Crippen molar-refractivity contribution in [1.82, 2.24) is 5.01 Å². The lowest BCUT2D eigenvalue weighted by Crippen LogP contribution is -2.44. The monoisotopic (exact) mass is 538 g/mol. The molecule has 0 saturated heterocycles. The first-order valence-electron chi connectivity index (χ1n) is 13.0. The van der Waals surface area contributed by atoms with Gasteiger partial charge in [0.05, 0.1) is 36.1 Å². The predicted molar refractivity (Wildman–Crippen MR) is 150 cm³/mol. The fourth-order valence-corrected chi connectivity index (χ4v) is 5.38. The van der Waals surface area contributed by atoms with Crippen LogP contribution in [0.1, 0.15) is 43.7 Å². The number of halogens is 1. The van der Waals surface area contributed by atoms with E-state index in [1.54, 1.807) is 29.3 Å². The van der Waals surface area contributed by atoms with Crippen molar-refractivity contribution >= 4 is 11.5 Å². The average molecular weight is 539 g/mol. The summed E-state index contributed by atoms with van der Waals surface area (Å²) in [5.74, 6) is 0.102. The summed E-state index contributed by atoms with van der Waals surface area (Å²) in [6.45, 7) is 4.26. The maximum absolute atomic E-state index is 13.7. The smallest absolute Gasteiger partial charge is 0.162 e. The normalized spacial score (nSPS) is 18.2. The number of allylic oxidation sites excluding steroid dienone is 3. The van der Waals surface area contributed by atoms with Crippen molar-refractivity contribution in [2.45, 2.75) is 39.2 Å². The topological polar surface area (TPSA) is 101 Å². The number of rotatable bonds is 7. The van der Waals surface area contributed by atoms with E-state index in [0.29, 0.717) is 41.0 Å². The quantitative estimate of drug-likeness (QED) is 0.371. The van der Waals surface area contributed by atoms with E-state index in [1.807, 2.05) is 36.4 Å². The summed E-state index contributed by atoms with van der Waals surface area (Å²) in [7, 11) is 1.52. The Morgan fingerprint density at radius 1 is 1.07 bits per heavy atom. The first-order chi connectivity index (χ1) is 19.2. The maximum atomic E-state index is 13.7. The number of ether oxygens (including phenoxy) is 2. The van der Waals surface area contributed by atoms with Crippen LogP contribution in [0.25, 0.3) is 0 Å². The number of para-hydroxylation sites is 1. The van der Waals surface area contributed by atoms with Crippen LogP contribution in [0.15, 0.2) is 95.5 Å². The molecule has 2 aliphatic rings. The van der Waals surface area contributed by atoms with Gasteiger partial charge in [-0.1, -0.05) is 50.2 Å². The van der Waals surface area contributed by atoms with Gasteiger partial charge in [-0.15, -0.1) is 0 Å². The molecule has 8 heteroatoms. The van der Waals surface area contributed by atoms with Gasteiger partial charge in [-0.2, -0.15) is 5.26 Å². The Morgan fingerprint density at radius 3 is 2.55 bits per heavy atom. The highest BCUT2D eigenvalue weighted by atomic mass is 19.1. The zero-order valence-corrected chi connectivity index (χ0v) is 22.7. The largest absolute Gasteiger partial charge is 0.493 e. The highest BCUT2D eigenvalue weighted by Gasteiger charge is 2.44. The molecule has 1 heterocycles. The van der Waals surface area contributed by atoms with Gasteiger partial charge < -0.3 is 15.2 Å². The van der Waals surface area contributed by atoms with Crippen LogP contribution in [-0.4, -0.2) is 17.9 Å². The minimum Gasteiger partial charge on any atom is -0.493 e. The Morgan fingerprint density at radius 2 is 1.85 bits per heavy atom. The fourth-order valence-electron chi connectivity index (χ4n) is 5.38. The number of methoxy groups -OCH3 is 1. The molecule has 204 valence electrons. The molecule has 0 saturated carbocycles. The van der Waals surface area contributed by atoms with Gasteiger partial charge in [-0.05, 0) is 59.4 Å². The lowest BCUT2D eigenvalue weighted by Gasteiger charge is -2.43. The Bertz CT molecular complexity index is 1560. The zero-order valence-electron chi connectivity index (χ0n) is 22.7. The predicted octanol–water partition coefficient (Wildman–Crippen LogP) is 6.18. The fraction of sp³-hybridized carbons (Fsp3) is 0.250. The van der Waals surface area contributed by atoms with Crippen LogP contribution in [0, 0.1) is 22.6 Å². The molecule has 0 bridgehead atoms. The van der Waals surface area contributed by atoms with Gasteiger partial charge >= 0.3 is 0 Å². The molecule has 0 fully saturated rings. The summed E-state index contributed by atoms with van der Waals surface area (Å²) < 4.78 is 25.2. The SMILES string of the molecule is COc1cc([C@@H]2C(C#N)=C(N)N(Nc3ccccc3)C3=C2C(=O)CC(C)(C)C3)ccc1OCc1cccc(F)c1. The molecule has 1 atom stereocenters. The second-order valence-corrected chi connectivity index (χ2v) is 10.8. The van der Waals surface area contributed by atoms with Crippen molar-refractivity contribution in [2.24, 2.45) is 11.1 Å². The Kier molecular flexibility index (Phi) is 7.22. The summed E-state index contributed by atoms with van der Waals surface area (Å²) in [5.41, 5.74) is 13.4. The molecule has 1 aliphatic carbocycles. The summed E-state index contributed by atoms with van der Waals surface area (Å²) >= 11 is 0. The van der Waals surface area contributed by atoms with Gasteiger partial charge in [0, 0.05) is 12.0 Å². The van der Waals surface area contributed by atoms with Crippen LogP contribution in [0.5, 0.6) is 11.5 Å². The van der Waals surface area contributed by atoms with Crippen molar-refractivity contribution in [3.8, 4) is 17.6 Å². The number of carbonyl (C=O) groups is 1. The molecule has 0 amide bonds. The summed E-state index contributed by atoms with van der Waals surface area (Å²) in [6, 6.07) is 23.3. The number of benzene rings is 3. The van der Waals surface area contributed by atoms with Crippen molar-refractivity contribution < 1.29 is 18.7 Å². The molecule has 0 aromatic heterocycles. The number of nitrogens with two attached hydrogens (primary N) is 1. The van der Waals surface area contributed by atoms with Crippen molar-refractivity contribution in [3.63, 3.8) is 0 Å². The number of nitrogens with zero attached hydrogens (tertiary/aromatic N) is 2. The molecule has 0 radical (unpaired) electrons. The first kappa shape index (κ1) is 26.8. The number of ketones is 1. The molecular weight excluding hydrogens is 507 g/mol. The second-order valence-electron chi connectivity index (χ2n) is 10.8. The van der Waals surface area contributed by atoms with Gasteiger partial charge in [0.2, 0.25) is 0 Å². The van der Waals surface area contributed by atoms with E-state index in [2.05, 4.69) is 25.3 Å². The van der Waals surface area contributed by atoms with E-state index in [1.165, 1.54) is 19.2 Å². The third kappa shape index (κ3) is 5.23. The molecule has 0 unspecified atom stereocenters. The first-order valence-corrected chi connectivity index (χ1v) is 13.0. The zero-order chi connectivity index (χ0) is 28.4. The van der Waals surface area contributed by atoms with E-state index >= 15 is 0 Å². The Balaban J connectivity index is 1.56. The Labute approximate surface area is 233 Å². The van der Waals surface area contributed by atoms with Gasteiger partial charge in [-0.3, -0.25) is 10.2 Å². The van der Waals surface area contributed by atoms with Gasteiger partial charge in [0.15, 0.2) is 17.3 Å². The van der Waals surface area contributed by atoms with Crippen LogP contribution >= 0.6 is 0 Å². The lowest BCUT2D eigenvalue weighted by atomic mass is 9.69. The molecular formula is C32H31FN4O3. The molecule has 5 rings (SSSR count). The van der Waals surface area contributed by atoms with Crippen LogP contribution in [0.3, 0.4) is 0 Å². The molecule has 40 heavy (non-hydrogen) atoms. The lowest BCUT2D eigenvalue weighted by molar-refractivity contribution is -0.118. The number of carbonyl (C=O) groups excluding carboxylic acids is 1. The molecule has 0 spiro atoms. The van der Waals surface area contributed by atoms with E-state index in [0.717, 1.165) is 11.4 Å². The van der Waals surface area contributed by atoms with Crippen LogP contribution < -0.4 is 20.6 Å². The van der Waals surface area contributed by atoms with E-state index < -0.39 is 5.92 Å². The third-order valence-electron chi connectivity index (χ3n) is 7.20. The number of nitrogens with one attached hydrogen (secondary N) is 1. The standard InChI is InChI=1S/C32H31FN4O3/c1-32(2)16-25-30(26(38)17-32)29(24(18-34)31(35)37(25)36-23-10-5-4-6-11-23)21-12-13-27(28(15-21)39-3)40-19-20-8-7-9-22(33)14-20/h4-15,29,36H,16-17,19,35H2,1-3H3/t29-/m1/s1. The minimum atomic E-state index is -0.663. The van der Waals surface area contributed by atoms with Crippen LogP contribution in [0.2, 0.25) is 0 Å². The number of nitriles is 1. The van der Waals surface area contributed by atoms with E-state index in [4.69, 9.17) is 15.2 Å². The number of Topliss-reactive ketones (excluding diaryl/α,β-unsaturated/α-hetero) is 1. The number of anilines is 1. The third-order valence-corrected chi connectivity index (χ3v) is 7.20. The van der Waals surface area contributed by atoms with Gasteiger partial charge in [0.1, 0.15) is 18.2 Å². The average Bonchev–Trinajstić information content (AvgIpc) is 2.93. The summed E-state index contributed by atoms with van der Waals surface area (Å²) in [4.78, 5) is 13.7. The molecule has 7 nitrogen and oxygen atoms in total. The minimum absolute atomic E-state index is 0.0261. The Hall–Kier alpha value is -4.77. The van der Waals surface area contributed by atoms with Crippen LogP contribution in [-0.2, 0) is 11.4 Å². The van der Waals surface area contributed by atoms with Crippen molar-refractivity contribution in [2.75, 3.05) is 12.5 Å². The van der Waals surface area contributed by atoms with Crippen LogP contribution in [0.4, 0.5) is 10.1 Å². The maximum Gasteiger partial charge on any atom is 0.162 e. The van der Waals surface area contributed by atoms with Gasteiger partial charge in [0.25, 0.3) is 0 Å². The van der Waals surface area contributed by atoms with Gasteiger partial charge in [-0.25, -0.2) is 9.40 Å². The highest BCUT2D eigenvalue weighted by molar-refractivity contribution is 6.00. The molecule has 3 aromatic carbocycles. The highest BCUT2D eigenvalue weighted by Crippen LogP contribution is 2.49. The summed E-state index contributed by atoms with van der Waals surface area (Å²) in [5, 5.41) is 12.0. The number of hydrogen-bond donors (Lipinski definition) is 2. The molecule has 1 aliphatic heterocycles. The van der Waals surface area contributed by atoms with Crippen molar-refractivity contribution in [1.29, 1.82) is 5.26 Å². The van der Waals surface area contributed by atoms with Crippen molar-refractivity contribution in [3.05, 3.63) is 112 Å². The summed E-state index contributed by atoms with van der Waals surface area (Å²) in [6.07, 6.45) is 0.946. The molecule has 3 aromatic rings.